The number of hydrogen-bond acceptors (Lipinski definition) is 4. The summed E-state index contributed by atoms with van der Waals surface area (Å²) >= 11 is 0. The van der Waals surface area contributed by atoms with Crippen molar-refractivity contribution in [3.63, 3.8) is 0 Å². The van der Waals surface area contributed by atoms with E-state index in [1.54, 1.807) is 19.9 Å². The van der Waals surface area contributed by atoms with Crippen LogP contribution in [0.15, 0.2) is 42.7 Å². The molecule has 3 heterocycles. The number of hydrogen-bond donors (Lipinski definition) is 4. The lowest BCUT2D eigenvalue weighted by Gasteiger charge is -2.07. The van der Waals surface area contributed by atoms with Gasteiger partial charge in [-0.15, -0.1) is 0 Å². The topological polar surface area (TPSA) is 116 Å². The highest BCUT2D eigenvalue weighted by atomic mass is 19.1. The van der Waals surface area contributed by atoms with Gasteiger partial charge in [-0.05, 0) is 68.7 Å². The molecule has 10 heteroatoms. The van der Waals surface area contributed by atoms with Crippen LogP contribution in [0.4, 0.5) is 14.5 Å². The van der Waals surface area contributed by atoms with E-state index in [0.717, 1.165) is 25.7 Å². The quantitative estimate of drug-likeness (QED) is 0.202. The number of nitrogens with zero attached hydrogens (tertiary/aromatic N) is 1. The van der Waals surface area contributed by atoms with Gasteiger partial charge in [0.15, 0.2) is 0 Å². The fourth-order valence-corrected chi connectivity index (χ4v) is 4.55. The SMILES string of the molecule is Cc1[nH]c(/C=C2\C(=O)Nc3ccc(F)cc32)c(C)c1C(=O)NCCCCCCNC(=O)/C=C/c1cnccc1F. The second kappa shape index (κ2) is 13.0. The van der Waals surface area contributed by atoms with Gasteiger partial charge < -0.3 is 20.9 Å². The van der Waals surface area contributed by atoms with Crippen molar-refractivity contribution in [2.45, 2.75) is 39.5 Å². The molecule has 3 amide bonds. The van der Waals surface area contributed by atoms with Crippen molar-refractivity contribution in [1.29, 1.82) is 0 Å². The summed E-state index contributed by atoms with van der Waals surface area (Å²) in [4.78, 5) is 44.2. The zero-order valence-corrected chi connectivity index (χ0v) is 22.4. The minimum atomic E-state index is -0.437. The Morgan fingerprint density at radius 1 is 1.02 bits per heavy atom. The Kier molecular flexibility index (Phi) is 9.21. The first kappa shape index (κ1) is 28.4. The number of anilines is 1. The molecule has 1 aromatic carbocycles. The van der Waals surface area contributed by atoms with Gasteiger partial charge in [-0.2, -0.15) is 0 Å². The molecule has 1 aliphatic rings. The van der Waals surface area contributed by atoms with Gasteiger partial charge in [-0.3, -0.25) is 19.4 Å². The molecule has 1 aliphatic heterocycles. The minimum absolute atomic E-state index is 0.206. The van der Waals surface area contributed by atoms with E-state index in [2.05, 4.69) is 25.9 Å². The summed E-state index contributed by atoms with van der Waals surface area (Å²) in [5, 5.41) is 8.43. The lowest BCUT2D eigenvalue weighted by atomic mass is 10.0. The summed E-state index contributed by atoms with van der Waals surface area (Å²) < 4.78 is 27.3. The van der Waals surface area contributed by atoms with Crippen LogP contribution in [0, 0.1) is 25.5 Å². The molecule has 0 fully saturated rings. The van der Waals surface area contributed by atoms with Gasteiger partial charge in [0.05, 0.1) is 11.1 Å². The number of aromatic nitrogens is 2. The first-order valence-electron chi connectivity index (χ1n) is 13.1. The Bertz CT molecular complexity index is 1490. The Labute approximate surface area is 231 Å². The van der Waals surface area contributed by atoms with Crippen molar-refractivity contribution in [3.05, 3.63) is 88.0 Å². The number of amides is 3. The molecule has 0 radical (unpaired) electrons. The maximum Gasteiger partial charge on any atom is 0.256 e. The molecule has 0 unspecified atom stereocenters. The van der Waals surface area contributed by atoms with E-state index in [1.807, 2.05) is 0 Å². The van der Waals surface area contributed by atoms with Crippen molar-refractivity contribution in [2.75, 3.05) is 18.4 Å². The molecule has 4 N–H and O–H groups in total. The first-order valence-corrected chi connectivity index (χ1v) is 13.1. The summed E-state index contributed by atoms with van der Waals surface area (Å²) in [5.74, 6) is -1.70. The number of nitrogens with one attached hydrogen (secondary N) is 4. The van der Waals surface area contributed by atoms with Gasteiger partial charge in [0, 0.05) is 59.8 Å². The highest BCUT2D eigenvalue weighted by Crippen LogP contribution is 2.34. The molecule has 0 spiro atoms. The number of benzene rings is 1. The molecular formula is C30H31F2N5O3. The van der Waals surface area contributed by atoms with Gasteiger partial charge in [0.25, 0.3) is 11.8 Å². The second-order valence-corrected chi connectivity index (χ2v) is 9.56. The largest absolute Gasteiger partial charge is 0.358 e. The third-order valence-electron chi connectivity index (χ3n) is 6.66. The number of carbonyl (C=O) groups excluding carboxylic acids is 3. The van der Waals surface area contributed by atoms with E-state index in [0.29, 0.717) is 52.4 Å². The van der Waals surface area contributed by atoms with Crippen LogP contribution < -0.4 is 16.0 Å². The molecule has 4 rings (SSSR count). The standard InChI is InChI=1S/C30H31F2N5O3/c1-18-26(16-23-22-15-21(31)8-9-25(22)37-29(23)39)36-19(2)28(18)30(40)35-13-6-4-3-5-12-34-27(38)10-7-20-17-33-14-11-24(20)32/h7-11,14-17,36H,3-6,12-13H2,1-2H3,(H,34,38)(H,35,40)(H,37,39)/b10-7+,23-16-. The van der Waals surface area contributed by atoms with E-state index in [4.69, 9.17) is 0 Å². The van der Waals surface area contributed by atoms with Crippen molar-refractivity contribution >= 4 is 41.1 Å². The first-order chi connectivity index (χ1) is 19.2. The molecule has 0 aliphatic carbocycles. The van der Waals surface area contributed by atoms with Crippen LogP contribution in [0.25, 0.3) is 17.7 Å². The summed E-state index contributed by atoms with van der Waals surface area (Å²) in [6.07, 6.45) is 10.3. The summed E-state index contributed by atoms with van der Waals surface area (Å²) in [5.41, 5.74) is 4.14. The van der Waals surface area contributed by atoms with Gasteiger partial charge in [0.2, 0.25) is 5.91 Å². The van der Waals surface area contributed by atoms with Gasteiger partial charge in [0.1, 0.15) is 11.6 Å². The lowest BCUT2D eigenvalue weighted by molar-refractivity contribution is -0.116. The molecule has 0 saturated heterocycles. The Balaban J connectivity index is 1.20. The van der Waals surface area contributed by atoms with Crippen LogP contribution in [0.1, 0.15) is 64.1 Å². The number of halogens is 2. The molecule has 208 valence electrons. The van der Waals surface area contributed by atoms with Gasteiger partial charge in [-0.25, -0.2) is 8.78 Å². The Morgan fingerprint density at radius 3 is 2.52 bits per heavy atom. The van der Waals surface area contributed by atoms with E-state index in [1.165, 1.54) is 48.8 Å². The molecule has 3 aromatic rings. The van der Waals surface area contributed by atoms with Crippen LogP contribution in [-0.2, 0) is 9.59 Å². The minimum Gasteiger partial charge on any atom is -0.358 e. The van der Waals surface area contributed by atoms with E-state index in [9.17, 15) is 23.2 Å². The summed E-state index contributed by atoms with van der Waals surface area (Å²) in [6.45, 7) is 4.60. The molecule has 2 aromatic heterocycles. The molecule has 0 bridgehead atoms. The third kappa shape index (κ3) is 6.88. The van der Waals surface area contributed by atoms with Crippen LogP contribution in [-0.4, -0.2) is 40.8 Å². The average Bonchev–Trinajstić information content (AvgIpc) is 3.38. The third-order valence-corrected chi connectivity index (χ3v) is 6.66. The van der Waals surface area contributed by atoms with E-state index in [-0.39, 0.29) is 23.3 Å². The van der Waals surface area contributed by atoms with Crippen LogP contribution in [0.5, 0.6) is 0 Å². The Morgan fingerprint density at radius 2 is 1.77 bits per heavy atom. The van der Waals surface area contributed by atoms with Crippen LogP contribution in [0.2, 0.25) is 0 Å². The van der Waals surface area contributed by atoms with E-state index < -0.39 is 11.6 Å². The average molecular weight is 548 g/mol. The zero-order valence-electron chi connectivity index (χ0n) is 22.4. The fraction of sp³-hybridized carbons (Fsp3) is 0.267. The number of carbonyl (C=O) groups is 3. The summed E-state index contributed by atoms with van der Waals surface area (Å²) in [6, 6.07) is 5.37. The number of rotatable bonds is 11. The van der Waals surface area contributed by atoms with Crippen LogP contribution in [0.3, 0.4) is 0 Å². The van der Waals surface area contributed by atoms with Crippen molar-refractivity contribution in [2.24, 2.45) is 0 Å². The van der Waals surface area contributed by atoms with Crippen molar-refractivity contribution < 1.29 is 23.2 Å². The number of aromatic amines is 1. The van der Waals surface area contributed by atoms with Crippen molar-refractivity contribution in [3.8, 4) is 0 Å². The fourth-order valence-electron chi connectivity index (χ4n) is 4.55. The molecular weight excluding hydrogens is 516 g/mol. The van der Waals surface area contributed by atoms with Crippen LogP contribution >= 0.6 is 0 Å². The normalized spacial score (nSPS) is 13.5. The molecule has 8 nitrogen and oxygen atoms in total. The highest BCUT2D eigenvalue weighted by Gasteiger charge is 2.26. The molecule has 0 saturated carbocycles. The van der Waals surface area contributed by atoms with Gasteiger partial charge in [-0.1, -0.05) is 12.8 Å². The zero-order chi connectivity index (χ0) is 28.6. The highest BCUT2D eigenvalue weighted by molar-refractivity contribution is 6.34. The predicted molar refractivity (Wildman–Crippen MR) is 150 cm³/mol. The number of H-pyrrole nitrogens is 1. The number of fused-ring (bicyclic) bond motifs is 1. The van der Waals surface area contributed by atoms with Gasteiger partial charge >= 0.3 is 0 Å². The lowest BCUT2D eigenvalue weighted by Crippen LogP contribution is -2.25. The number of unbranched alkanes of at least 4 members (excludes halogenated alkanes) is 3. The molecule has 40 heavy (non-hydrogen) atoms. The van der Waals surface area contributed by atoms with Crippen molar-refractivity contribution in [1.82, 2.24) is 20.6 Å². The maximum atomic E-state index is 13.8. The molecule has 0 atom stereocenters. The second-order valence-electron chi connectivity index (χ2n) is 9.56. The number of aryl methyl sites for hydroxylation is 1. The monoisotopic (exact) mass is 547 g/mol. The summed E-state index contributed by atoms with van der Waals surface area (Å²) in [7, 11) is 0. The van der Waals surface area contributed by atoms with E-state index >= 15 is 0 Å². The smallest absolute Gasteiger partial charge is 0.256 e. The maximum absolute atomic E-state index is 13.8. The Hall–Kier alpha value is -4.60. The number of pyridine rings is 1. The predicted octanol–water partition coefficient (Wildman–Crippen LogP) is 4.92.